The van der Waals surface area contributed by atoms with E-state index in [9.17, 15) is 9.59 Å². The van der Waals surface area contributed by atoms with E-state index in [2.05, 4.69) is 10.2 Å². The predicted molar refractivity (Wildman–Crippen MR) is 50.9 cm³/mol. The van der Waals surface area contributed by atoms with Crippen LogP contribution in [0.4, 0.5) is 0 Å². The lowest BCUT2D eigenvalue weighted by atomic mass is 10.4. The van der Waals surface area contributed by atoms with Crippen molar-refractivity contribution in [1.29, 1.82) is 0 Å². The van der Waals surface area contributed by atoms with Crippen LogP contribution >= 0.6 is 0 Å². The van der Waals surface area contributed by atoms with Crippen LogP contribution in [0.15, 0.2) is 0 Å². The molecule has 5 nitrogen and oxygen atoms in total. The smallest absolute Gasteiger partial charge is 0.394 e. The van der Waals surface area contributed by atoms with Gasteiger partial charge in [-0.15, -0.1) is 0 Å². The number of aliphatic carboxylic acids is 1. The summed E-state index contributed by atoms with van der Waals surface area (Å²) >= 11 is 0. The largest absolute Gasteiger partial charge is 0.474 e. The first-order chi connectivity index (χ1) is 6.70. The molecular weight excluding hydrogens is 184 g/mol. The van der Waals surface area contributed by atoms with Crippen molar-refractivity contribution >= 4 is 11.9 Å². The molecule has 0 unspecified atom stereocenters. The zero-order valence-corrected chi connectivity index (χ0v) is 8.16. The Morgan fingerprint density at radius 3 is 2.50 bits per heavy atom. The van der Waals surface area contributed by atoms with Crippen LogP contribution in [0.3, 0.4) is 0 Å². The fraction of sp³-hybridized carbons (Fsp3) is 0.778. The lowest BCUT2D eigenvalue weighted by Gasteiger charge is -2.13. The molecule has 1 heterocycles. The van der Waals surface area contributed by atoms with Crippen molar-refractivity contribution in [3.63, 3.8) is 0 Å². The minimum atomic E-state index is -1.41. The first-order valence-electron chi connectivity index (χ1n) is 4.93. The maximum Gasteiger partial charge on any atom is 0.394 e. The molecule has 0 radical (unpaired) electrons. The van der Waals surface area contributed by atoms with Gasteiger partial charge in [0, 0.05) is 6.54 Å². The van der Waals surface area contributed by atoms with Gasteiger partial charge in [-0.2, -0.15) is 0 Å². The van der Waals surface area contributed by atoms with Gasteiger partial charge in [-0.1, -0.05) is 0 Å². The minimum Gasteiger partial charge on any atom is -0.474 e. The zero-order valence-electron chi connectivity index (χ0n) is 8.16. The van der Waals surface area contributed by atoms with Gasteiger partial charge in [0.25, 0.3) is 0 Å². The summed E-state index contributed by atoms with van der Waals surface area (Å²) in [6.07, 6.45) is 3.32. The number of carboxylic acids is 1. The molecule has 1 amide bonds. The maximum absolute atomic E-state index is 10.6. The highest BCUT2D eigenvalue weighted by Crippen LogP contribution is 2.06. The summed E-state index contributed by atoms with van der Waals surface area (Å²) in [6, 6.07) is 0. The van der Waals surface area contributed by atoms with Gasteiger partial charge >= 0.3 is 11.9 Å². The summed E-state index contributed by atoms with van der Waals surface area (Å²) in [5.41, 5.74) is 0. The van der Waals surface area contributed by atoms with Crippen LogP contribution in [0.5, 0.6) is 0 Å². The average Bonchev–Trinajstić information content (AvgIpc) is 2.64. The highest BCUT2D eigenvalue weighted by Gasteiger charge is 2.12. The molecule has 80 valence electrons. The summed E-state index contributed by atoms with van der Waals surface area (Å²) in [5, 5.41) is 10.6. The van der Waals surface area contributed by atoms with E-state index >= 15 is 0 Å². The molecule has 0 aromatic rings. The first kappa shape index (κ1) is 11.0. The van der Waals surface area contributed by atoms with Crippen molar-refractivity contribution in [3.8, 4) is 0 Å². The lowest BCUT2D eigenvalue weighted by Crippen LogP contribution is -2.33. The summed E-state index contributed by atoms with van der Waals surface area (Å²) in [7, 11) is 0. The van der Waals surface area contributed by atoms with Crippen molar-refractivity contribution in [2.75, 3.05) is 26.2 Å². The molecule has 0 aliphatic carbocycles. The monoisotopic (exact) mass is 200 g/mol. The molecule has 1 aliphatic rings. The van der Waals surface area contributed by atoms with E-state index in [0.717, 1.165) is 26.1 Å². The molecule has 1 saturated heterocycles. The number of amides is 1. The summed E-state index contributed by atoms with van der Waals surface area (Å²) in [5.74, 6) is -2.32. The number of nitrogens with one attached hydrogen (secondary N) is 1. The van der Waals surface area contributed by atoms with Crippen molar-refractivity contribution < 1.29 is 14.7 Å². The molecular formula is C9H16N2O3. The average molecular weight is 200 g/mol. The van der Waals surface area contributed by atoms with Crippen molar-refractivity contribution in [1.82, 2.24) is 10.2 Å². The standard InChI is InChI=1S/C9H16N2O3/c12-8(9(13)14)10-4-3-7-11-5-1-2-6-11/h1-7H2,(H,10,12)(H,13,14). The Hall–Kier alpha value is -1.10. The highest BCUT2D eigenvalue weighted by atomic mass is 16.4. The molecule has 0 spiro atoms. The Bertz CT molecular complexity index is 212. The Morgan fingerprint density at radius 2 is 1.93 bits per heavy atom. The van der Waals surface area contributed by atoms with Crippen LogP contribution in [0.2, 0.25) is 0 Å². The number of hydrogen-bond acceptors (Lipinski definition) is 3. The summed E-state index contributed by atoms with van der Waals surface area (Å²) in [4.78, 5) is 23.1. The number of carboxylic acid groups (broad SMARTS) is 1. The van der Waals surface area contributed by atoms with Gasteiger partial charge in [0.2, 0.25) is 0 Å². The van der Waals surface area contributed by atoms with Crippen LogP contribution in [0, 0.1) is 0 Å². The van der Waals surface area contributed by atoms with E-state index in [1.807, 2.05) is 0 Å². The van der Waals surface area contributed by atoms with Crippen LogP contribution in [-0.4, -0.2) is 48.1 Å². The molecule has 0 saturated carbocycles. The topological polar surface area (TPSA) is 69.6 Å². The van der Waals surface area contributed by atoms with Crippen molar-refractivity contribution in [2.24, 2.45) is 0 Å². The lowest BCUT2D eigenvalue weighted by molar-refractivity contribution is -0.150. The van der Waals surface area contributed by atoms with E-state index in [0.29, 0.717) is 6.54 Å². The predicted octanol–water partition coefficient (Wildman–Crippen LogP) is -0.327. The molecule has 5 heteroatoms. The second kappa shape index (κ2) is 5.59. The molecule has 1 aliphatic heterocycles. The third-order valence-electron chi connectivity index (χ3n) is 2.33. The molecule has 1 rings (SSSR count). The van der Waals surface area contributed by atoms with Gasteiger partial charge in [0.15, 0.2) is 0 Å². The van der Waals surface area contributed by atoms with E-state index in [1.54, 1.807) is 0 Å². The molecule has 0 aromatic carbocycles. The highest BCUT2D eigenvalue weighted by molar-refractivity contribution is 6.31. The Labute approximate surface area is 83.1 Å². The number of carbonyl (C=O) groups excluding carboxylic acids is 1. The summed E-state index contributed by atoms with van der Waals surface area (Å²) < 4.78 is 0. The normalized spacial score (nSPS) is 16.9. The van der Waals surface area contributed by atoms with Gasteiger partial charge in [-0.25, -0.2) is 4.79 Å². The van der Waals surface area contributed by atoms with Gasteiger partial charge in [-0.05, 0) is 38.9 Å². The number of nitrogens with zero attached hydrogens (tertiary/aromatic N) is 1. The Balaban J connectivity index is 1.98. The SMILES string of the molecule is O=C(O)C(=O)NCCCN1CCCC1. The fourth-order valence-electron chi connectivity index (χ4n) is 1.59. The fourth-order valence-corrected chi connectivity index (χ4v) is 1.59. The van der Waals surface area contributed by atoms with Crippen LogP contribution < -0.4 is 5.32 Å². The van der Waals surface area contributed by atoms with Gasteiger partial charge in [-0.3, -0.25) is 4.79 Å². The number of hydrogen-bond donors (Lipinski definition) is 2. The third-order valence-corrected chi connectivity index (χ3v) is 2.33. The number of rotatable bonds is 4. The van der Waals surface area contributed by atoms with Crippen molar-refractivity contribution in [3.05, 3.63) is 0 Å². The molecule has 1 fully saturated rings. The Morgan fingerprint density at radius 1 is 1.29 bits per heavy atom. The second-order valence-corrected chi connectivity index (χ2v) is 3.46. The number of carbonyl (C=O) groups is 2. The first-order valence-corrected chi connectivity index (χ1v) is 4.93. The molecule has 14 heavy (non-hydrogen) atoms. The van der Waals surface area contributed by atoms with Crippen LogP contribution in [0.25, 0.3) is 0 Å². The maximum atomic E-state index is 10.6. The molecule has 2 N–H and O–H groups in total. The van der Waals surface area contributed by atoms with E-state index in [4.69, 9.17) is 5.11 Å². The minimum absolute atomic E-state index is 0.446. The molecule has 0 bridgehead atoms. The molecule has 0 atom stereocenters. The molecule has 0 aromatic heterocycles. The van der Waals surface area contributed by atoms with Gasteiger partial charge < -0.3 is 15.3 Å². The summed E-state index contributed by atoms with van der Waals surface area (Å²) in [6.45, 7) is 3.65. The Kier molecular flexibility index (Phi) is 4.39. The van der Waals surface area contributed by atoms with Crippen molar-refractivity contribution in [2.45, 2.75) is 19.3 Å². The van der Waals surface area contributed by atoms with E-state index < -0.39 is 11.9 Å². The van der Waals surface area contributed by atoms with Crippen LogP contribution in [0.1, 0.15) is 19.3 Å². The van der Waals surface area contributed by atoms with E-state index in [-0.39, 0.29) is 0 Å². The zero-order chi connectivity index (χ0) is 10.4. The van der Waals surface area contributed by atoms with Gasteiger partial charge in [0.05, 0.1) is 0 Å². The third kappa shape index (κ3) is 3.74. The number of likely N-dealkylation sites (tertiary alicyclic amines) is 1. The second-order valence-electron chi connectivity index (χ2n) is 3.46. The van der Waals surface area contributed by atoms with E-state index in [1.165, 1.54) is 12.8 Å². The van der Waals surface area contributed by atoms with Gasteiger partial charge in [0.1, 0.15) is 0 Å². The van der Waals surface area contributed by atoms with Crippen LogP contribution in [-0.2, 0) is 9.59 Å². The quantitative estimate of drug-likeness (QED) is 0.481.